The first-order valence-electron chi connectivity index (χ1n) is 5.23. The van der Waals surface area contributed by atoms with Crippen molar-refractivity contribution in [3.8, 4) is 0 Å². The van der Waals surface area contributed by atoms with E-state index >= 15 is 0 Å². The van der Waals surface area contributed by atoms with E-state index in [0.717, 1.165) is 19.3 Å². The third-order valence-corrected chi connectivity index (χ3v) is 2.58. The Hall–Kier alpha value is -1.06. The van der Waals surface area contributed by atoms with Gasteiger partial charge >= 0.3 is 0 Å². The summed E-state index contributed by atoms with van der Waals surface area (Å²) in [5, 5.41) is 5.39. The van der Waals surface area contributed by atoms with E-state index in [1.165, 1.54) is 0 Å². The molecule has 0 spiro atoms. The second-order valence-electron chi connectivity index (χ2n) is 3.75. The molecule has 0 aromatic heterocycles. The van der Waals surface area contributed by atoms with Gasteiger partial charge in [-0.3, -0.25) is 9.59 Å². The van der Waals surface area contributed by atoms with E-state index < -0.39 is 6.04 Å². The van der Waals surface area contributed by atoms with Crippen LogP contribution in [0.25, 0.3) is 0 Å². The van der Waals surface area contributed by atoms with Crippen molar-refractivity contribution in [2.45, 2.75) is 39.2 Å². The Morgan fingerprint density at radius 3 is 2.50 bits per heavy atom. The van der Waals surface area contributed by atoms with E-state index in [4.69, 9.17) is 0 Å². The van der Waals surface area contributed by atoms with Crippen molar-refractivity contribution < 1.29 is 9.59 Å². The molecule has 1 rings (SSSR count). The molecule has 80 valence electrons. The molecule has 0 aromatic rings. The largest absolute Gasteiger partial charge is 0.355 e. The van der Waals surface area contributed by atoms with E-state index in [1.54, 1.807) is 6.92 Å². The molecule has 14 heavy (non-hydrogen) atoms. The van der Waals surface area contributed by atoms with Crippen LogP contribution in [-0.4, -0.2) is 24.4 Å². The highest BCUT2D eigenvalue weighted by Crippen LogP contribution is 2.26. The van der Waals surface area contributed by atoms with Crippen LogP contribution in [0.3, 0.4) is 0 Å². The van der Waals surface area contributed by atoms with Crippen molar-refractivity contribution in [1.82, 2.24) is 10.6 Å². The van der Waals surface area contributed by atoms with Gasteiger partial charge in [0.2, 0.25) is 11.8 Å². The van der Waals surface area contributed by atoms with Gasteiger partial charge in [-0.1, -0.05) is 6.42 Å². The summed E-state index contributed by atoms with van der Waals surface area (Å²) < 4.78 is 0. The minimum absolute atomic E-state index is 0.0232. The SMILES string of the molecule is CCNC(=O)[C@H](C)NC(=O)C1CCC1. The summed E-state index contributed by atoms with van der Waals surface area (Å²) >= 11 is 0. The Labute approximate surface area is 84.4 Å². The molecule has 0 heterocycles. The number of hydrogen-bond acceptors (Lipinski definition) is 2. The van der Waals surface area contributed by atoms with Crippen LogP contribution in [0, 0.1) is 5.92 Å². The normalized spacial score (nSPS) is 18.1. The maximum atomic E-state index is 11.5. The van der Waals surface area contributed by atoms with Crippen LogP contribution in [0.1, 0.15) is 33.1 Å². The lowest BCUT2D eigenvalue weighted by Gasteiger charge is -2.25. The molecule has 0 aromatic carbocycles. The molecule has 0 saturated heterocycles. The van der Waals surface area contributed by atoms with E-state index in [-0.39, 0.29) is 17.7 Å². The van der Waals surface area contributed by atoms with Crippen molar-refractivity contribution in [2.75, 3.05) is 6.54 Å². The first-order chi connectivity index (χ1) is 6.65. The molecule has 0 unspecified atom stereocenters. The van der Waals surface area contributed by atoms with Gasteiger partial charge in [0.1, 0.15) is 6.04 Å². The molecule has 4 heteroatoms. The van der Waals surface area contributed by atoms with Crippen molar-refractivity contribution in [1.29, 1.82) is 0 Å². The predicted molar refractivity (Wildman–Crippen MR) is 53.6 cm³/mol. The molecule has 1 atom stereocenters. The Balaban J connectivity index is 2.27. The van der Waals surface area contributed by atoms with Crippen LogP contribution >= 0.6 is 0 Å². The van der Waals surface area contributed by atoms with Crippen LogP contribution in [-0.2, 0) is 9.59 Å². The average molecular weight is 198 g/mol. The Morgan fingerprint density at radius 2 is 2.07 bits per heavy atom. The van der Waals surface area contributed by atoms with Crippen molar-refractivity contribution >= 4 is 11.8 Å². The number of hydrogen-bond donors (Lipinski definition) is 2. The van der Waals surface area contributed by atoms with Gasteiger partial charge in [-0.2, -0.15) is 0 Å². The highest BCUT2D eigenvalue weighted by molar-refractivity contribution is 5.88. The number of amides is 2. The van der Waals surface area contributed by atoms with E-state index in [9.17, 15) is 9.59 Å². The second-order valence-corrected chi connectivity index (χ2v) is 3.75. The topological polar surface area (TPSA) is 58.2 Å². The molecule has 4 nitrogen and oxygen atoms in total. The van der Waals surface area contributed by atoms with Gasteiger partial charge in [0.05, 0.1) is 0 Å². The lowest BCUT2D eigenvalue weighted by molar-refractivity contribution is -0.132. The van der Waals surface area contributed by atoms with Crippen LogP contribution in [0.15, 0.2) is 0 Å². The Bertz CT molecular complexity index is 224. The third kappa shape index (κ3) is 2.72. The van der Waals surface area contributed by atoms with Gasteiger partial charge in [-0.25, -0.2) is 0 Å². The summed E-state index contributed by atoms with van der Waals surface area (Å²) in [6.45, 7) is 4.17. The molecule has 1 fully saturated rings. The van der Waals surface area contributed by atoms with E-state index in [2.05, 4.69) is 10.6 Å². The monoisotopic (exact) mass is 198 g/mol. The second kappa shape index (κ2) is 4.98. The molecule has 1 aliphatic rings. The van der Waals surface area contributed by atoms with Crippen molar-refractivity contribution in [3.05, 3.63) is 0 Å². The Kier molecular flexibility index (Phi) is 3.92. The highest BCUT2D eigenvalue weighted by atomic mass is 16.2. The number of rotatable bonds is 4. The predicted octanol–water partition coefficient (Wildman–Crippen LogP) is 0.427. The van der Waals surface area contributed by atoms with E-state index in [0.29, 0.717) is 6.54 Å². The fourth-order valence-electron chi connectivity index (χ4n) is 1.39. The molecule has 0 bridgehead atoms. The zero-order valence-corrected chi connectivity index (χ0v) is 8.80. The summed E-state index contributed by atoms with van der Waals surface area (Å²) in [5.41, 5.74) is 0. The lowest BCUT2D eigenvalue weighted by atomic mass is 9.84. The fraction of sp³-hybridized carbons (Fsp3) is 0.800. The molecule has 0 radical (unpaired) electrons. The summed E-state index contributed by atoms with van der Waals surface area (Å²) in [4.78, 5) is 22.7. The number of nitrogens with one attached hydrogen (secondary N) is 2. The highest BCUT2D eigenvalue weighted by Gasteiger charge is 2.27. The molecule has 1 saturated carbocycles. The van der Waals surface area contributed by atoms with Crippen LogP contribution in [0.5, 0.6) is 0 Å². The lowest BCUT2D eigenvalue weighted by Crippen LogP contribution is -2.47. The van der Waals surface area contributed by atoms with Gasteiger partial charge in [0.15, 0.2) is 0 Å². The van der Waals surface area contributed by atoms with Gasteiger partial charge in [-0.05, 0) is 26.7 Å². The zero-order valence-electron chi connectivity index (χ0n) is 8.80. The molecule has 2 N–H and O–H groups in total. The Morgan fingerprint density at radius 1 is 1.43 bits per heavy atom. The van der Waals surface area contributed by atoms with Gasteiger partial charge < -0.3 is 10.6 Å². The quantitative estimate of drug-likeness (QED) is 0.688. The van der Waals surface area contributed by atoms with Crippen molar-refractivity contribution in [3.63, 3.8) is 0 Å². The maximum absolute atomic E-state index is 11.5. The molecule has 0 aliphatic heterocycles. The number of carbonyl (C=O) groups is 2. The summed E-state index contributed by atoms with van der Waals surface area (Å²) in [5.74, 6) is 0.0575. The fourth-order valence-corrected chi connectivity index (χ4v) is 1.39. The van der Waals surface area contributed by atoms with Gasteiger partial charge in [0, 0.05) is 12.5 Å². The molecule has 1 aliphatic carbocycles. The standard InChI is InChI=1S/C10H18N2O2/c1-3-11-9(13)7(2)12-10(14)8-5-4-6-8/h7-8H,3-6H2,1-2H3,(H,11,13)(H,12,14)/t7-/m0/s1. The van der Waals surface area contributed by atoms with E-state index in [1.807, 2.05) is 6.92 Å². The molecule has 2 amide bonds. The minimum atomic E-state index is -0.414. The van der Waals surface area contributed by atoms with Crippen LogP contribution < -0.4 is 10.6 Å². The third-order valence-electron chi connectivity index (χ3n) is 2.58. The smallest absolute Gasteiger partial charge is 0.242 e. The average Bonchev–Trinajstić information content (AvgIpc) is 2.00. The molecular formula is C10H18N2O2. The summed E-state index contributed by atoms with van der Waals surface area (Å²) in [6.07, 6.45) is 3.07. The van der Waals surface area contributed by atoms with Crippen LogP contribution in [0.4, 0.5) is 0 Å². The zero-order chi connectivity index (χ0) is 10.6. The van der Waals surface area contributed by atoms with Crippen LogP contribution in [0.2, 0.25) is 0 Å². The first kappa shape index (κ1) is 11.0. The maximum Gasteiger partial charge on any atom is 0.242 e. The first-order valence-corrected chi connectivity index (χ1v) is 5.23. The number of likely N-dealkylation sites (N-methyl/N-ethyl adjacent to an activating group) is 1. The van der Waals surface area contributed by atoms with Gasteiger partial charge in [-0.15, -0.1) is 0 Å². The summed E-state index contributed by atoms with van der Waals surface area (Å²) in [7, 11) is 0. The minimum Gasteiger partial charge on any atom is -0.355 e. The van der Waals surface area contributed by atoms with Crippen molar-refractivity contribution in [2.24, 2.45) is 5.92 Å². The number of carbonyl (C=O) groups excluding carboxylic acids is 2. The summed E-state index contributed by atoms with van der Waals surface area (Å²) in [6, 6.07) is -0.414. The molecular weight excluding hydrogens is 180 g/mol. The van der Waals surface area contributed by atoms with Gasteiger partial charge in [0.25, 0.3) is 0 Å².